The van der Waals surface area contributed by atoms with E-state index in [2.05, 4.69) is 87.5 Å². The molecule has 7 saturated heterocycles. The number of piperazine rings is 1. The SMILES string of the molecule is CO[C@@H](C)c1c(N2CCN(C3CC3)CC2)cnc2c1-c1c3c4cc(ccc4n1CCOCCO[C@H]2C)-c1csc(n1)[C@@H](N1CC2(COC2)C1)[C@H](NC(=O)C12CC(C1)[C@H](C)O2)C(=O)N1CC2CC(C2)(N1)C(=O)OCC(C)(C)C3. The monoisotopic (exact) mass is 1070 g/mol. The second-order valence-corrected chi connectivity index (χ2v) is 26.4. The maximum Gasteiger partial charge on any atom is 0.328 e. The van der Waals surface area contributed by atoms with Crippen molar-refractivity contribution >= 4 is 45.7 Å². The number of cyclic esters (lactones) is 1. The fraction of sp³-hybridized carbons (Fsp3) is 0.672. The first-order chi connectivity index (χ1) is 37.1. The largest absolute Gasteiger partial charge is 0.464 e. The van der Waals surface area contributed by atoms with Crippen LogP contribution in [0.15, 0.2) is 29.8 Å². The zero-order valence-corrected chi connectivity index (χ0v) is 46.4. The number of thiazole rings is 1. The number of carbonyl (C=O) groups is 3. The van der Waals surface area contributed by atoms with Gasteiger partial charge in [-0.3, -0.25) is 29.4 Å². The highest BCUT2D eigenvalue weighted by molar-refractivity contribution is 7.10. The number of nitrogens with one attached hydrogen (secondary N) is 2. The standard InChI is InChI=1S/C58H75N9O9S/c1-33-38-22-58(23-38,76-33)53(69)61-48-50(65-28-56(29-65)31-73-32-56)51-60-42(27-77-51)37-7-10-43-40(19-37)41(24-55(4,5)30-75-54(70)57-20-36(21-57)26-67(62-57)52(48)68)49-46-45(34(2)71-6)44(64-13-11-63(12-14-64)39-8-9-39)25-59-47(46)35(3)74-18-17-72-16-15-66(43)49/h7,10,19,25,27,33-36,38-39,48,50,62H,8-9,11-18,20-24,26,28-32H2,1-6H3,(H,61,69)/t33-,34-,35-,36?,38?,48-,50-,57?,58?/m0/s1. The van der Waals surface area contributed by atoms with Crippen LogP contribution in [0.5, 0.6) is 0 Å². The van der Waals surface area contributed by atoms with Crippen molar-refractivity contribution in [3.8, 4) is 22.5 Å². The van der Waals surface area contributed by atoms with E-state index in [9.17, 15) is 9.59 Å². The van der Waals surface area contributed by atoms with Crippen molar-refractivity contribution in [3.05, 3.63) is 51.6 Å². The summed E-state index contributed by atoms with van der Waals surface area (Å²) in [6.45, 7) is 19.6. The lowest BCUT2D eigenvalue weighted by atomic mass is 9.66. The van der Waals surface area contributed by atoms with E-state index >= 15 is 4.79 Å². The number of hydrogen-bond acceptors (Lipinski definition) is 16. The first-order valence-electron chi connectivity index (χ1n) is 28.6. The first kappa shape index (κ1) is 50.6. The average molecular weight is 1070 g/mol. The maximum atomic E-state index is 15.5. The van der Waals surface area contributed by atoms with Crippen LogP contribution >= 0.6 is 11.3 Å². The van der Waals surface area contributed by atoms with Gasteiger partial charge in [0, 0.05) is 109 Å². The van der Waals surface area contributed by atoms with Gasteiger partial charge in [0.15, 0.2) is 0 Å². The van der Waals surface area contributed by atoms with Gasteiger partial charge >= 0.3 is 5.97 Å². The van der Waals surface area contributed by atoms with E-state index in [4.69, 9.17) is 38.4 Å². The summed E-state index contributed by atoms with van der Waals surface area (Å²) in [5.74, 6) is -0.516. The maximum absolute atomic E-state index is 15.5. The van der Waals surface area contributed by atoms with E-state index in [1.165, 1.54) is 24.2 Å². The molecule has 10 fully saturated rings. The van der Waals surface area contributed by atoms with E-state index in [1.54, 1.807) is 12.1 Å². The topological polar surface area (TPSA) is 174 Å². The molecule has 9 aliphatic heterocycles. The lowest BCUT2D eigenvalue weighted by Crippen LogP contribution is -2.76. The van der Waals surface area contributed by atoms with Gasteiger partial charge in [-0.1, -0.05) is 19.9 Å². The van der Waals surface area contributed by atoms with Gasteiger partial charge in [0.25, 0.3) is 11.8 Å². The van der Waals surface area contributed by atoms with Gasteiger partial charge in [-0.25, -0.2) is 15.2 Å². The fourth-order valence-electron chi connectivity index (χ4n) is 14.8. The smallest absolute Gasteiger partial charge is 0.328 e. The van der Waals surface area contributed by atoms with Crippen molar-refractivity contribution in [1.82, 2.24) is 40.1 Å². The number of amides is 2. The summed E-state index contributed by atoms with van der Waals surface area (Å²) in [5, 5.41) is 8.82. The molecule has 18 nitrogen and oxygen atoms in total. The molecule has 16 rings (SSSR count). The van der Waals surface area contributed by atoms with Crippen LogP contribution in [0.1, 0.15) is 113 Å². The molecule has 9 bridgehead atoms. The molecule has 3 aliphatic carbocycles. The highest BCUT2D eigenvalue weighted by atomic mass is 32.1. The second kappa shape index (κ2) is 18.8. The molecule has 0 unspecified atom stereocenters. The van der Waals surface area contributed by atoms with Crippen LogP contribution in [-0.2, 0) is 55.8 Å². The van der Waals surface area contributed by atoms with Gasteiger partial charge in [0.2, 0.25) is 0 Å². The van der Waals surface area contributed by atoms with Gasteiger partial charge in [-0.15, -0.1) is 11.3 Å². The molecule has 3 aromatic heterocycles. The van der Waals surface area contributed by atoms with Crippen LogP contribution in [0.4, 0.5) is 5.69 Å². The van der Waals surface area contributed by atoms with Crippen LogP contribution in [0.2, 0.25) is 0 Å². The fourth-order valence-corrected chi connectivity index (χ4v) is 15.8. The number of hydrazine groups is 1. The van der Waals surface area contributed by atoms with E-state index in [0.717, 1.165) is 87.1 Å². The van der Waals surface area contributed by atoms with E-state index in [-0.39, 0.29) is 54.0 Å². The number of aromatic nitrogens is 3. The van der Waals surface area contributed by atoms with Crippen molar-refractivity contribution < 1.29 is 42.8 Å². The Hall–Kier alpha value is -4.57. The summed E-state index contributed by atoms with van der Waals surface area (Å²) in [7, 11) is 1.79. The highest BCUT2D eigenvalue weighted by Gasteiger charge is 2.63. The molecular formula is C58H75N9O9S. The molecule has 3 saturated carbocycles. The Morgan fingerprint density at radius 3 is 2.47 bits per heavy atom. The van der Waals surface area contributed by atoms with Crippen molar-refractivity contribution in [1.29, 1.82) is 0 Å². The third kappa shape index (κ3) is 8.49. The Kier molecular flexibility index (Phi) is 12.3. The van der Waals surface area contributed by atoms with Crippen LogP contribution < -0.4 is 15.6 Å². The minimum Gasteiger partial charge on any atom is -0.464 e. The number of pyridine rings is 1. The van der Waals surface area contributed by atoms with Gasteiger partial charge in [0.1, 0.15) is 22.2 Å². The quantitative estimate of drug-likeness (QED) is 0.207. The number of fused-ring (bicyclic) bond motifs is 10. The number of nitrogens with zero attached hydrogens (tertiary/aromatic N) is 7. The first-order valence-corrected chi connectivity index (χ1v) is 29.4. The van der Waals surface area contributed by atoms with Gasteiger partial charge in [0.05, 0.1) is 93.0 Å². The molecule has 12 aliphatic rings. The lowest BCUT2D eigenvalue weighted by molar-refractivity contribution is -0.204. The van der Waals surface area contributed by atoms with Gasteiger partial charge in [-0.2, -0.15) is 0 Å². The van der Waals surface area contributed by atoms with Crippen molar-refractivity contribution in [2.75, 3.05) is 97.5 Å². The lowest BCUT2D eigenvalue weighted by Gasteiger charge is -2.58. The number of anilines is 1. The number of likely N-dealkylation sites (tertiary alicyclic amines) is 1. The second-order valence-electron chi connectivity index (χ2n) is 25.5. The Morgan fingerprint density at radius 1 is 0.961 bits per heavy atom. The van der Waals surface area contributed by atoms with Gasteiger partial charge < -0.3 is 43.2 Å². The molecule has 19 heteroatoms. The van der Waals surface area contributed by atoms with Crippen LogP contribution in [-0.4, -0.2) is 169 Å². The van der Waals surface area contributed by atoms with E-state index in [0.29, 0.717) is 103 Å². The number of methoxy groups -OCH3 is 1. The predicted octanol–water partition coefficient (Wildman–Crippen LogP) is 5.97. The van der Waals surface area contributed by atoms with Crippen LogP contribution in [0.25, 0.3) is 33.4 Å². The highest BCUT2D eigenvalue weighted by Crippen LogP contribution is 2.54. The molecule has 2 N–H and O–H groups in total. The normalized spacial score (nSPS) is 33.3. The molecule has 2 amide bonds. The van der Waals surface area contributed by atoms with E-state index in [1.807, 2.05) is 6.92 Å². The Labute approximate surface area is 454 Å². The minimum absolute atomic E-state index is 0.000894. The number of ether oxygens (including phenoxy) is 6. The number of hydrogen-bond donors (Lipinski definition) is 2. The third-order valence-corrected chi connectivity index (χ3v) is 20.2. The molecule has 5 atom stereocenters. The van der Waals surface area contributed by atoms with Gasteiger partial charge in [-0.05, 0) is 95.2 Å². The average Bonchev–Trinajstić information content (AvgIpc) is 4.06. The Morgan fingerprint density at radius 2 is 1.75 bits per heavy atom. The molecule has 4 aromatic rings. The predicted molar refractivity (Wildman–Crippen MR) is 288 cm³/mol. The summed E-state index contributed by atoms with van der Waals surface area (Å²) in [6.07, 6.45) is 6.86. The zero-order valence-electron chi connectivity index (χ0n) is 45.6. The molecule has 2 spiro atoms. The molecule has 12 heterocycles. The number of carbonyl (C=O) groups excluding carboxylic acids is 3. The summed E-state index contributed by atoms with van der Waals surface area (Å²) in [4.78, 5) is 63.4. The summed E-state index contributed by atoms with van der Waals surface area (Å²) in [5.41, 5.74) is 9.77. The van der Waals surface area contributed by atoms with Crippen molar-refractivity contribution in [2.45, 2.75) is 134 Å². The third-order valence-electron chi connectivity index (χ3n) is 19.3. The van der Waals surface area contributed by atoms with Crippen molar-refractivity contribution in [2.24, 2.45) is 22.7 Å². The molecule has 412 valence electrons. The minimum atomic E-state index is -1.08. The van der Waals surface area contributed by atoms with Crippen LogP contribution in [0, 0.1) is 22.7 Å². The zero-order chi connectivity index (χ0) is 52.8. The molecule has 0 radical (unpaired) electrons. The number of rotatable bonds is 7. The number of esters is 1. The molecule has 77 heavy (non-hydrogen) atoms. The molecule has 1 aromatic carbocycles. The van der Waals surface area contributed by atoms with Crippen molar-refractivity contribution in [3.63, 3.8) is 0 Å². The van der Waals surface area contributed by atoms with Crippen LogP contribution in [0.3, 0.4) is 0 Å². The summed E-state index contributed by atoms with van der Waals surface area (Å²) < 4.78 is 40.4. The van der Waals surface area contributed by atoms with E-state index < -0.39 is 28.6 Å². The Bertz CT molecular complexity index is 3000. The summed E-state index contributed by atoms with van der Waals surface area (Å²) in [6, 6.07) is 5.72. The Balaban J connectivity index is 0.942. The summed E-state index contributed by atoms with van der Waals surface area (Å²) >= 11 is 1.52. The number of benzene rings is 1. The molecular weight excluding hydrogens is 999 g/mol.